The van der Waals surface area contributed by atoms with Gasteiger partial charge in [0.05, 0.1) is 6.04 Å². The van der Waals surface area contributed by atoms with Crippen molar-refractivity contribution in [3.05, 3.63) is 12.3 Å². The van der Waals surface area contributed by atoms with Gasteiger partial charge in [0.1, 0.15) is 0 Å². The summed E-state index contributed by atoms with van der Waals surface area (Å²) in [5.74, 6) is 0.249. The molecule has 14 heavy (non-hydrogen) atoms. The van der Waals surface area contributed by atoms with Gasteiger partial charge in [-0.05, 0) is 12.5 Å². The van der Waals surface area contributed by atoms with E-state index >= 15 is 0 Å². The van der Waals surface area contributed by atoms with E-state index in [9.17, 15) is 4.79 Å². The molecule has 1 N–H and O–H groups in total. The Morgan fingerprint density at radius 1 is 1.21 bits per heavy atom. The third-order valence-electron chi connectivity index (χ3n) is 2.73. The van der Waals surface area contributed by atoms with E-state index in [0.29, 0.717) is 0 Å². The normalized spacial score (nSPS) is 20.1. The number of hydrogen-bond acceptors (Lipinski definition) is 2. The molecule has 0 aliphatic carbocycles. The minimum absolute atomic E-state index is 0.0844. The van der Waals surface area contributed by atoms with Crippen LogP contribution in [-0.4, -0.2) is 11.8 Å². The molecule has 0 bridgehead atoms. The van der Waals surface area contributed by atoms with Crippen LogP contribution >= 0.6 is 0 Å². The SMILES string of the molecule is CCCCCCCCC1NC=CC1=O. The van der Waals surface area contributed by atoms with Crippen molar-refractivity contribution in [1.29, 1.82) is 0 Å². The van der Waals surface area contributed by atoms with Crippen LogP contribution in [0.3, 0.4) is 0 Å². The highest BCUT2D eigenvalue weighted by Crippen LogP contribution is 2.11. The monoisotopic (exact) mass is 195 g/mol. The highest BCUT2D eigenvalue weighted by Gasteiger charge is 2.17. The molecule has 1 unspecified atom stereocenters. The molecule has 1 atom stereocenters. The molecule has 2 heteroatoms. The van der Waals surface area contributed by atoms with Crippen molar-refractivity contribution in [3.8, 4) is 0 Å². The Morgan fingerprint density at radius 3 is 2.57 bits per heavy atom. The van der Waals surface area contributed by atoms with Crippen LogP contribution in [0, 0.1) is 0 Å². The molecule has 1 rings (SSSR count). The maximum Gasteiger partial charge on any atom is 0.179 e. The molecule has 80 valence electrons. The van der Waals surface area contributed by atoms with E-state index in [2.05, 4.69) is 12.2 Å². The molecule has 1 aliphatic rings. The first-order valence-corrected chi connectivity index (χ1v) is 5.81. The van der Waals surface area contributed by atoms with Crippen molar-refractivity contribution >= 4 is 5.78 Å². The van der Waals surface area contributed by atoms with Gasteiger partial charge in [0.15, 0.2) is 5.78 Å². The van der Waals surface area contributed by atoms with Gasteiger partial charge in [-0.2, -0.15) is 0 Å². The average molecular weight is 195 g/mol. The van der Waals surface area contributed by atoms with Gasteiger partial charge in [-0.1, -0.05) is 45.4 Å². The molecule has 0 saturated carbocycles. The van der Waals surface area contributed by atoms with Gasteiger partial charge in [0, 0.05) is 6.20 Å². The maximum absolute atomic E-state index is 11.2. The van der Waals surface area contributed by atoms with E-state index in [-0.39, 0.29) is 11.8 Å². The molecular formula is C12H21NO. The summed E-state index contributed by atoms with van der Waals surface area (Å²) in [6.45, 7) is 2.23. The Balaban J connectivity index is 1.91. The zero-order valence-corrected chi connectivity index (χ0v) is 9.09. The number of unbranched alkanes of at least 4 members (excludes halogenated alkanes) is 5. The van der Waals surface area contributed by atoms with Gasteiger partial charge in [-0.25, -0.2) is 0 Å². The summed E-state index contributed by atoms with van der Waals surface area (Å²) in [7, 11) is 0. The topological polar surface area (TPSA) is 29.1 Å². The van der Waals surface area contributed by atoms with Crippen molar-refractivity contribution in [3.63, 3.8) is 0 Å². The number of rotatable bonds is 7. The van der Waals surface area contributed by atoms with E-state index in [1.807, 2.05) is 0 Å². The summed E-state index contributed by atoms with van der Waals surface area (Å²) in [6, 6.07) is 0.0844. The van der Waals surface area contributed by atoms with E-state index < -0.39 is 0 Å². The van der Waals surface area contributed by atoms with Crippen molar-refractivity contribution in [2.75, 3.05) is 0 Å². The predicted octanol–water partition coefficient (Wildman–Crippen LogP) is 2.79. The van der Waals surface area contributed by atoms with Crippen LogP contribution in [0.25, 0.3) is 0 Å². The van der Waals surface area contributed by atoms with Crippen LogP contribution < -0.4 is 5.32 Å². The second-order valence-electron chi connectivity index (χ2n) is 4.01. The van der Waals surface area contributed by atoms with Crippen LogP contribution in [0.1, 0.15) is 51.9 Å². The van der Waals surface area contributed by atoms with Crippen molar-refractivity contribution < 1.29 is 4.79 Å². The number of carbonyl (C=O) groups is 1. The molecule has 0 saturated heterocycles. The molecular weight excluding hydrogens is 174 g/mol. The molecule has 0 fully saturated rings. The Kier molecular flexibility index (Phi) is 5.35. The second kappa shape index (κ2) is 6.63. The fraction of sp³-hybridized carbons (Fsp3) is 0.750. The quantitative estimate of drug-likeness (QED) is 0.633. The Hall–Kier alpha value is -0.790. The lowest BCUT2D eigenvalue weighted by molar-refractivity contribution is -0.115. The molecule has 0 radical (unpaired) electrons. The Labute approximate surface area is 86.8 Å². The zero-order valence-electron chi connectivity index (χ0n) is 9.09. The van der Waals surface area contributed by atoms with Crippen molar-refractivity contribution in [2.45, 2.75) is 57.9 Å². The summed E-state index contributed by atoms with van der Waals surface area (Å²) in [6.07, 6.45) is 12.2. The van der Waals surface area contributed by atoms with Gasteiger partial charge < -0.3 is 5.32 Å². The number of ketones is 1. The van der Waals surface area contributed by atoms with E-state index in [0.717, 1.165) is 6.42 Å². The van der Waals surface area contributed by atoms with Crippen LogP contribution in [0.2, 0.25) is 0 Å². The highest BCUT2D eigenvalue weighted by molar-refractivity contribution is 5.96. The fourth-order valence-electron chi connectivity index (χ4n) is 1.80. The first-order valence-electron chi connectivity index (χ1n) is 5.81. The predicted molar refractivity (Wildman–Crippen MR) is 59.1 cm³/mol. The molecule has 0 aromatic heterocycles. The fourth-order valence-corrected chi connectivity index (χ4v) is 1.80. The lowest BCUT2D eigenvalue weighted by atomic mass is 10.0. The summed E-state index contributed by atoms with van der Waals surface area (Å²) in [4.78, 5) is 11.2. The van der Waals surface area contributed by atoms with Gasteiger partial charge in [-0.15, -0.1) is 0 Å². The smallest absolute Gasteiger partial charge is 0.179 e. The lowest BCUT2D eigenvalue weighted by Crippen LogP contribution is -2.26. The molecule has 0 amide bonds. The number of nitrogens with one attached hydrogen (secondary N) is 1. The Morgan fingerprint density at radius 2 is 1.93 bits per heavy atom. The maximum atomic E-state index is 11.2. The van der Waals surface area contributed by atoms with Gasteiger partial charge in [0.2, 0.25) is 0 Å². The van der Waals surface area contributed by atoms with E-state index in [1.165, 1.54) is 38.5 Å². The summed E-state index contributed by atoms with van der Waals surface area (Å²) >= 11 is 0. The third kappa shape index (κ3) is 3.95. The number of hydrogen-bond donors (Lipinski definition) is 1. The molecule has 0 aromatic rings. The first-order chi connectivity index (χ1) is 6.84. The third-order valence-corrected chi connectivity index (χ3v) is 2.73. The summed E-state index contributed by atoms with van der Waals surface area (Å²) < 4.78 is 0. The molecule has 0 aromatic carbocycles. The molecule has 1 aliphatic heterocycles. The van der Waals surface area contributed by atoms with E-state index in [4.69, 9.17) is 0 Å². The van der Waals surface area contributed by atoms with Crippen molar-refractivity contribution in [1.82, 2.24) is 5.32 Å². The average Bonchev–Trinajstić information content (AvgIpc) is 2.58. The van der Waals surface area contributed by atoms with Gasteiger partial charge in [0.25, 0.3) is 0 Å². The minimum Gasteiger partial charge on any atom is -0.381 e. The largest absolute Gasteiger partial charge is 0.381 e. The van der Waals surface area contributed by atoms with Crippen LogP contribution in [0.4, 0.5) is 0 Å². The zero-order chi connectivity index (χ0) is 10.2. The van der Waals surface area contributed by atoms with Crippen molar-refractivity contribution in [2.24, 2.45) is 0 Å². The van der Waals surface area contributed by atoms with Crippen LogP contribution in [-0.2, 0) is 4.79 Å². The standard InChI is InChI=1S/C12H21NO/c1-2-3-4-5-6-7-8-11-12(14)9-10-13-11/h9-11,13H,2-8H2,1H3. The van der Waals surface area contributed by atoms with Crippen LogP contribution in [0.15, 0.2) is 12.3 Å². The van der Waals surface area contributed by atoms with E-state index in [1.54, 1.807) is 12.3 Å². The first kappa shape index (κ1) is 11.3. The number of carbonyl (C=O) groups excluding carboxylic acids is 1. The highest BCUT2D eigenvalue weighted by atomic mass is 16.1. The summed E-state index contributed by atoms with van der Waals surface area (Å²) in [5.41, 5.74) is 0. The summed E-state index contributed by atoms with van der Waals surface area (Å²) in [5, 5.41) is 3.08. The lowest BCUT2D eigenvalue weighted by Gasteiger charge is -2.08. The van der Waals surface area contributed by atoms with Gasteiger partial charge in [-0.3, -0.25) is 4.79 Å². The molecule has 1 heterocycles. The Bertz CT molecular complexity index is 198. The van der Waals surface area contributed by atoms with Gasteiger partial charge >= 0.3 is 0 Å². The minimum atomic E-state index is 0.0844. The molecule has 2 nitrogen and oxygen atoms in total. The second-order valence-corrected chi connectivity index (χ2v) is 4.01. The van der Waals surface area contributed by atoms with Crippen LogP contribution in [0.5, 0.6) is 0 Å². The molecule has 0 spiro atoms.